The van der Waals surface area contributed by atoms with E-state index in [4.69, 9.17) is 9.47 Å². The van der Waals surface area contributed by atoms with E-state index in [-0.39, 0.29) is 5.75 Å². The standard InChI is InChI=1S/C19H17N3O4S/c1-25-15-10-12(8-9-14(15)23)11-20-22-19-21-16(13-6-4-3-5-7-13)17(27-19)18(24)26-2/h3-11,23H,1-2H3,(H,21,22)/b20-11-. The van der Waals surface area contributed by atoms with Crippen LogP contribution in [0.15, 0.2) is 53.6 Å². The summed E-state index contributed by atoms with van der Waals surface area (Å²) in [7, 11) is 2.81. The van der Waals surface area contributed by atoms with Crippen molar-refractivity contribution in [2.75, 3.05) is 19.6 Å². The van der Waals surface area contributed by atoms with E-state index < -0.39 is 5.97 Å². The van der Waals surface area contributed by atoms with Crippen molar-refractivity contribution in [1.82, 2.24) is 4.98 Å². The molecule has 7 nitrogen and oxygen atoms in total. The van der Waals surface area contributed by atoms with Gasteiger partial charge in [0.2, 0.25) is 5.13 Å². The number of aromatic hydroxyl groups is 1. The predicted molar refractivity (Wildman–Crippen MR) is 105 cm³/mol. The van der Waals surface area contributed by atoms with Gasteiger partial charge in [-0.05, 0) is 23.8 Å². The summed E-state index contributed by atoms with van der Waals surface area (Å²) in [4.78, 5) is 16.9. The third kappa shape index (κ3) is 4.24. The van der Waals surface area contributed by atoms with Gasteiger partial charge in [-0.25, -0.2) is 9.78 Å². The normalized spacial score (nSPS) is 10.7. The molecule has 0 atom stereocenters. The molecular formula is C19H17N3O4S. The summed E-state index contributed by atoms with van der Waals surface area (Å²) >= 11 is 1.16. The molecule has 2 aromatic carbocycles. The number of anilines is 1. The largest absolute Gasteiger partial charge is 0.504 e. The highest BCUT2D eigenvalue weighted by Crippen LogP contribution is 2.31. The predicted octanol–water partition coefficient (Wildman–Crippen LogP) is 3.76. The van der Waals surface area contributed by atoms with Crippen LogP contribution in [0.2, 0.25) is 0 Å². The van der Waals surface area contributed by atoms with Crippen molar-refractivity contribution in [2.24, 2.45) is 5.10 Å². The Morgan fingerprint density at radius 3 is 2.70 bits per heavy atom. The first-order chi connectivity index (χ1) is 13.1. The molecule has 3 rings (SSSR count). The summed E-state index contributed by atoms with van der Waals surface area (Å²) < 4.78 is 9.91. The van der Waals surface area contributed by atoms with Gasteiger partial charge in [0.15, 0.2) is 11.5 Å². The molecule has 138 valence electrons. The lowest BCUT2D eigenvalue weighted by atomic mass is 10.1. The van der Waals surface area contributed by atoms with Gasteiger partial charge in [-0.15, -0.1) is 0 Å². The van der Waals surface area contributed by atoms with Gasteiger partial charge >= 0.3 is 5.97 Å². The number of hydrogen-bond donors (Lipinski definition) is 2. The number of methoxy groups -OCH3 is 2. The number of carbonyl (C=O) groups excluding carboxylic acids is 1. The Morgan fingerprint density at radius 2 is 2.00 bits per heavy atom. The van der Waals surface area contributed by atoms with Gasteiger partial charge in [-0.2, -0.15) is 5.10 Å². The molecule has 0 spiro atoms. The Morgan fingerprint density at radius 1 is 1.22 bits per heavy atom. The molecule has 1 aromatic heterocycles. The van der Waals surface area contributed by atoms with Crippen molar-refractivity contribution in [2.45, 2.75) is 0 Å². The SMILES string of the molecule is COC(=O)c1sc(N/N=C\c2ccc(O)c(OC)c2)nc1-c1ccccc1. The fourth-order valence-electron chi connectivity index (χ4n) is 2.33. The summed E-state index contributed by atoms with van der Waals surface area (Å²) in [5.74, 6) is -0.0445. The number of hydrazone groups is 1. The number of nitrogens with one attached hydrogen (secondary N) is 1. The van der Waals surface area contributed by atoms with Crippen molar-refractivity contribution < 1.29 is 19.4 Å². The zero-order valence-electron chi connectivity index (χ0n) is 14.7. The van der Waals surface area contributed by atoms with Crippen LogP contribution in [0.3, 0.4) is 0 Å². The quantitative estimate of drug-likeness (QED) is 0.382. The van der Waals surface area contributed by atoms with Crippen LogP contribution in [-0.4, -0.2) is 36.5 Å². The van der Waals surface area contributed by atoms with Crippen molar-refractivity contribution in [3.8, 4) is 22.8 Å². The van der Waals surface area contributed by atoms with Gasteiger partial charge < -0.3 is 14.6 Å². The molecule has 0 radical (unpaired) electrons. The Balaban J connectivity index is 1.83. The molecule has 0 aliphatic rings. The molecule has 0 saturated carbocycles. The minimum atomic E-state index is -0.452. The fourth-order valence-corrected chi connectivity index (χ4v) is 3.18. The van der Waals surface area contributed by atoms with E-state index in [0.29, 0.717) is 21.5 Å². The summed E-state index contributed by atoms with van der Waals surface area (Å²) in [6, 6.07) is 14.3. The number of hydrogen-bond acceptors (Lipinski definition) is 8. The molecule has 8 heteroatoms. The van der Waals surface area contributed by atoms with E-state index in [1.807, 2.05) is 30.3 Å². The van der Waals surface area contributed by atoms with Crippen LogP contribution in [0.5, 0.6) is 11.5 Å². The van der Waals surface area contributed by atoms with Gasteiger partial charge in [0.25, 0.3) is 0 Å². The average Bonchev–Trinajstić information content (AvgIpc) is 3.13. The number of esters is 1. The van der Waals surface area contributed by atoms with Crippen LogP contribution in [0.1, 0.15) is 15.2 Å². The maximum atomic E-state index is 12.1. The van der Waals surface area contributed by atoms with Gasteiger partial charge in [0.05, 0.1) is 26.1 Å². The molecule has 2 N–H and O–H groups in total. The molecule has 0 amide bonds. The smallest absolute Gasteiger partial charge is 0.350 e. The number of ether oxygens (including phenoxy) is 2. The molecule has 0 bridgehead atoms. The molecular weight excluding hydrogens is 366 g/mol. The Kier molecular flexibility index (Phi) is 5.68. The molecule has 0 aliphatic heterocycles. The van der Waals surface area contributed by atoms with Crippen LogP contribution in [-0.2, 0) is 4.74 Å². The third-order valence-corrected chi connectivity index (χ3v) is 4.56. The number of phenols is 1. The highest BCUT2D eigenvalue weighted by molar-refractivity contribution is 7.17. The third-order valence-electron chi connectivity index (χ3n) is 3.62. The molecule has 3 aromatic rings. The zero-order valence-corrected chi connectivity index (χ0v) is 15.5. The van der Waals surface area contributed by atoms with Crippen LogP contribution in [0, 0.1) is 0 Å². The maximum absolute atomic E-state index is 12.1. The molecule has 0 fully saturated rings. The van der Waals surface area contributed by atoms with E-state index in [2.05, 4.69) is 15.5 Å². The fraction of sp³-hybridized carbons (Fsp3) is 0.105. The second-order valence-corrected chi connectivity index (χ2v) is 6.35. The number of phenolic OH excluding ortho intramolecular Hbond substituents is 1. The Hall–Kier alpha value is -3.39. The maximum Gasteiger partial charge on any atom is 0.350 e. The number of nitrogens with zero attached hydrogens (tertiary/aromatic N) is 2. The summed E-state index contributed by atoms with van der Waals surface area (Å²) in [6.45, 7) is 0. The van der Waals surface area contributed by atoms with Crippen LogP contribution < -0.4 is 10.2 Å². The second-order valence-electron chi connectivity index (χ2n) is 5.36. The van der Waals surface area contributed by atoms with E-state index in [1.165, 1.54) is 20.3 Å². The van der Waals surface area contributed by atoms with Crippen LogP contribution in [0.25, 0.3) is 11.3 Å². The van der Waals surface area contributed by atoms with Gasteiger partial charge in [-0.3, -0.25) is 5.43 Å². The Labute approximate surface area is 159 Å². The van der Waals surface area contributed by atoms with Gasteiger partial charge in [0.1, 0.15) is 4.88 Å². The topological polar surface area (TPSA) is 93.0 Å². The van der Waals surface area contributed by atoms with Crippen molar-refractivity contribution in [1.29, 1.82) is 0 Å². The first-order valence-corrected chi connectivity index (χ1v) is 8.74. The number of aromatic nitrogens is 1. The minimum absolute atomic E-state index is 0.0535. The lowest BCUT2D eigenvalue weighted by Gasteiger charge is -2.03. The number of rotatable bonds is 6. The number of carbonyl (C=O) groups is 1. The molecule has 0 aliphatic carbocycles. The second kappa shape index (κ2) is 8.33. The summed E-state index contributed by atoms with van der Waals surface area (Å²) in [6.07, 6.45) is 1.56. The Bertz CT molecular complexity index is 970. The number of thiazole rings is 1. The van der Waals surface area contributed by atoms with Crippen molar-refractivity contribution in [3.05, 3.63) is 59.0 Å². The van der Waals surface area contributed by atoms with E-state index in [1.54, 1.807) is 18.3 Å². The monoisotopic (exact) mass is 383 g/mol. The first-order valence-electron chi connectivity index (χ1n) is 7.93. The molecule has 0 saturated heterocycles. The van der Waals surface area contributed by atoms with Gasteiger partial charge in [-0.1, -0.05) is 41.7 Å². The zero-order chi connectivity index (χ0) is 19.2. The van der Waals surface area contributed by atoms with Crippen LogP contribution in [0.4, 0.5) is 5.13 Å². The van der Waals surface area contributed by atoms with Gasteiger partial charge in [0, 0.05) is 5.56 Å². The van der Waals surface area contributed by atoms with Crippen molar-refractivity contribution >= 4 is 28.7 Å². The van der Waals surface area contributed by atoms with Crippen molar-refractivity contribution in [3.63, 3.8) is 0 Å². The molecule has 0 unspecified atom stereocenters. The minimum Gasteiger partial charge on any atom is -0.504 e. The lowest BCUT2D eigenvalue weighted by molar-refractivity contribution is 0.0607. The highest BCUT2D eigenvalue weighted by atomic mass is 32.1. The van der Waals surface area contributed by atoms with E-state index in [9.17, 15) is 9.90 Å². The molecule has 27 heavy (non-hydrogen) atoms. The van der Waals surface area contributed by atoms with E-state index in [0.717, 1.165) is 22.5 Å². The lowest BCUT2D eigenvalue weighted by Crippen LogP contribution is -2.00. The highest BCUT2D eigenvalue weighted by Gasteiger charge is 2.19. The molecule has 1 heterocycles. The first kappa shape index (κ1) is 18.4. The van der Waals surface area contributed by atoms with E-state index >= 15 is 0 Å². The number of benzene rings is 2. The van der Waals surface area contributed by atoms with Crippen LogP contribution >= 0.6 is 11.3 Å². The summed E-state index contributed by atoms with van der Waals surface area (Å²) in [5.41, 5.74) is 4.90. The average molecular weight is 383 g/mol. The summed E-state index contributed by atoms with van der Waals surface area (Å²) in [5, 5.41) is 14.2.